The minimum atomic E-state index is 0.637. The summed E-state index contributed by atoms with van der Waals surface area (Å²) in [6.07, 6.45) is 3.48. The quantitative estimate of drug-likeness (QED) is 0.676. The van der Waals surface area contributed by atoms with Gasteiger partial charge in [0.15, 0.2) is 0 Å². The van der Waals surface area contributed by atoms with Crippen molar-refractivity contribution in [1.82, 2.24) is 4.98 Å². The summed E-state index contributed by atoms with van der Waals surface area (Å²) in [5.41, 5.74) is 0.637. The van der Waals surface area contributed by atoms with Crippen LogP contribution in [-0.2, 0) is 0 Å². The molecular weight excluding hydrogens is 174 g/mol. The second kappa shape index (κ2) is 5.03. The summed E-state index contributed by atoms with van der Waals surface area (Å²) in [6, 6.07) is 5.58. The van der Waals surface area contributed by atoms with Gasteiger partial charge in [-0.05, 0) is 19.1 Å². The minimum absolute atomic E-state index is 0.637. The molecule has 0 spiro atoms. The van der Waals surface area contributed by atoms with E-state index in [9.17, 15) is 0 Å². The van der Waals surface area contributed by atoms with E-state index in [1.54, 1.807) is 18.3 Å². The number of hydrogen-bond donors (Lipinski definition) is 0. The van der Waals surface area contributed by atoms with Gasteiger partial charge in [-0.15, -0.1) is 6.58 Å². The van der Waals surface area contributed by atoms with Gasteiger partial charge in [0, 0.05) is 19.3 Å². The summed E-state index contributed by atoms with van der Waals surface area (Å²) in [5.74, 6) is 0.825. The van der Waals surface area contributed by atoms with Gasteiger partial charge in [0.05, 0.1) is 11.6 Å². The highest BCUT2D eigenvalue weighted by Gasteiger charge is 2.03. The monoisotopic (exact) mass is 187 g/mol. The van der Waals surface area contributed by atoms with E-state index in [0.717, 1.165) is 18.9 Å². The molecule has 0 unspecified atom stereocenters. The SMILES string of the molecule is C=CCN(CC)c1cc(C#N)ccn1. The van der Waals surface area contributed by atoms with Crippen LogP contribution in [0.4, 0.5) is 5.82 Å². The van der Waals surface area contributed by atoms with Gasteiger partial charge in [0.25, 0.3) is 0 Å². The van der Waals surface area contributed by atoms with Gasteiger partial charge in [0.1, 0.15) is 5.82 Å². The van der Waals surface area contributed by atoms with Crippen LogP contribution in [0, 0.1) is 11.3 Å². The van der Waals surface area contributed by atoms with Crippen LogP contribution >= 0.6 is 0 Å². The first-order chi connectivity index (χ1) is 6.81. The van der Waals surface area contributed by atoms with Gasteiger partial charge >= 0.3 is 0 Å². The van der Waals surface area contributed by atoms with Crippen molar-refractivity contribution in [2.45, 2.75) is 6.92 Å². The molecule has 0 aliphatic heterocycles. The molecule has 14 heavy (non-hydrogen) atoms. The lowest BCUT2D eigenvalue weighted by atomic mass is 10.3. The third-order valence-corrected chi connectivity index (χ3v) is 1.93. The zero-order valence-electron chi connectivity index (χ0n) is 8.27. The van der Waals surface area contributed by atoms with Crippen LogP contribution in [-0.4, -0.2) is 18.1 Å². The molecule has 0 saturated heterocycles. The second-order valence-corrected chi connectivity index (χ2v) is 2.84. The smallest absolute Gasteiger partial charge is 0.130 e. The van der Waals surface area contributed by atoms with Crippen LogP contribution in [0.5, 0.6) is 0 Å². The summed E-state index contributed by atoms with van der Waals surface area (Å²) in [5, 5.41) is 8.73. The fraction of sp³-hybridized carbons (Fsp3) is 0.273. The van der Waals surface area contributed by atoms with Crippen LogP contribution in [0.1, 0.15) is 12.5 Å². The highest BCUT2D eigenvalue weighted by molar-refractivity contribution is 5.45. The lowest BCUT2D eigenvalue weighted by molar-refractivity contribution is 0.882. The number of pyridine rings is 1. The molecule has 0 saturated carbocycles. The lowest BCUT2D eigenvalue weighted by Crippen LogP contribution is -2.23. The van der Waals surface area contributed by atoms with E-state index in [1.165, 1.54) is 0 Å². The molecule has 0 fully saturated rings. The van der Waals surface area contributed by atoms with Crippen molar-refractivity contribution < 1.29 is 0 Å². The Balaban J connectivity index is 2.93. The zero-order valence-corrected chi connectivity index (χ0v) is 8.27. The number of hydrogen-bond acceptors (Lipinski definition) is 3. The molecule has 0 N–H and O–H groups in total. The van der Waals surface area contributed by atoms with Crippen LogP contribution in [0.25, 0.3) is 0 Å². The molecule has 0 aromatic carbocycles. The standard InChI is InChI=1S/C11H13N3/c1-3-7-14(4-2)11-8-10(9-12)5-6-13-11/h3,5-6,8H,1,4,7H2,2H3. The van der Waals surface area contributed by atoms with Crippen molar-refractivity contribution in [3.05, 3.63) is 36.5 Å². The first-order valence-electron chi connectivity index (χ1n) is 4.53. The fourth-order valence-electron chi connectivity index (χ4n) is 1.20. The van der Waals surface area contributed by atoms with Crippen LogP contribution < -0.4 is 4.90 Å². The van der Waals surface area contributed by atoms with Gasteiger partial charge in [-0.1, -0.05) is 6.08 Å². The molecule has 0 radical (unpaired) electrons. The first kappa shape index (κ1) is 10.3. The molecule has 0 aliphatic carbocycles. The Hall–Kier alpha value is -1.82. The summed E-state index contributed by atoms with van der Waals surface area (Å²) in [4.78, 5) is 6.25. The number of anilines is 1. The van der Waals surface area contributed by atoms with Crippen LogP contribution in [0.2, 0.25) is 0 Å². The molecule has 1 rings (SSSR count). The van der Waals surface area contributed by atoms with Gasteiger partial charge in [-0.2, -0.15) is 5.26 Å². The Morgan fingerprint density at radius 2 is 2.50 bits per heavy atom. The maximum atomic E-state index is 8.73. The van der Waals surface area contributed by atoms with Crippen LogP contribution in [0.15, 0.2) is 31.0 Å². The van der Waals surface area contributed by atoms with E-state index in [0.29, 0.717) is 5.56 Å². The zero-order chi connectivity index (χ0) is 10.4. The maximum absolute atomic E-state index is 8.73. The largest absolute Gasteiger partial charge is 0.353 e. The van der Waals surface area contributed by atoms with Gasteiger partial charge in [-0.25, -0.2) is 4.98 Å². The summed E-state index contributed by atoms with van der Waals surface area (Å²) < 4.78 is 0. The Kier molecular flexibility index (Phi) is 3.69. The minimum Gasteiger partial charge on any atom is -0.353 e. The van der Waals surface area contributed by atoms with E-state index in [4.69, 9.17) is 5.26 Å². The summed E-state index contributed by atoms with van der Waals surface area (Å²) in [7, 11) is 0. The van der Waals surface area contributed by atoms with Gasteiger partial charge < -0.3 is 4.90 Å². The fourth-order valence-corrected chi connectivity index (χ4v) is 1.20. The van der Waals surface area contributed by atoms with E-state index in [2.05, 4.69) is 17.6 Å². The van der Waals surface area contributed by atoms with E-state index in [1.807, 2.05) is 17.9 Å². The highest BCUT2D eigenvalue weighted by Crippen LogP contribution is 2.11. The highest BCUT2D eigenvalue weighted by atomic mass is 15.2. The Labute approximate surface area is 84.3 Å². The molecule has 1 aromatic rings. The maximum Gasteiger partial charge on any atom is 0.130 e. The molecule has 1 aromatic heterocycles. The summed E-state index contributed by atoms with van der Waals surface area (Å²) in [6.45, 7) is 7.33. The van der Waals surface area contributed by atoms with Crippen molar-refractivity contribution in [2.75, 3.05) is 18.0 Å². The molecule has 0 bridgehead atoms. The predicted molar refractivity (Wildman–Crippen MR) is 57.0 cm³/mol. The predicted octanol–water partition coefficient (Wildman–Crippen LogP) is 1.97. The number of nitriles is 1. The molecule has 0 aliphatic rings. The Morgan fingerprint density at radius 1 is 1.71 bits per heavy atom. The molecule has 1 heterocycles. The molecular formula is C11H13N3. The normalized spacial score (nSPS) is 9.14. The number of rotatable bonds is 4. The van der Waals surface area contributed by atoms with Crippen molar-refractivity contribution in [3.8, 4) is 6.07 Å². The van der Waals surface area contributed by atoms with E-state index >= 15 is 0 Å². The third kappa shape index (κ3) is 2.33. The topological polar surface area (TPSA) is 39.9 Å². The third-order valence-electron chi connectivity index (χ3n) is 1.93. The van der Waals surface area contributed by atoms with Crippen molar-refractivity contribution in [2.24, 2.45) is 0 Å². The molecule has 3 heteroatoms. The van der Waals surface area contributed by atoms with Gasteiger partial charge in [0.2, 0.25) is 0 Å². The molecule has 0 amide bonds. The number of likely N-dealkylation sites (N-methyl/N-ethyl adjacent to an activating group) is 1. The lowest BCUT2D eigenvalue weighted by Gasteiger charge is -2.19. The van der Waals surface area contributed by atoms with Crippen molar-refractivity contribution >= 4 is 5.82 Å². The average Bonchev–Trinajstić information content (AvgIpc) is 2.26. The second-order valence-electron chi connectivity index (χ2n) is 2.84. The first-order valence-corrected chi connectivity index (χ1v) is 4.53. The molecule has 72 valence electrons. The summed E-state index contributed by atoms with van der Waals surface area (Å²) >= 11 is 0. The van der Waals surface area contributed by atoms with Crippen molar-refractivity contribution in [1.29, 1.82) is 5.26 Å². The van der Waals surface area contributed by atoms with Gasteiger partial charge in [-0.3, -0.25) is 0 Å². The Morgan fingerprint density at radius 3 is 3.07 bits per heavy atom. The number of aromatic nitrogens is 1. The van der Waals surface area contributed by atoms with E-state index in [-0.39, 0.29) is 0 Å². The van der Waals surface area contributed by atoms with Crippen LogP contribution in [0.3, 0.4) is 0 Å². The molecule has 3 nitrogen and oxygen atoms in total. The molecule has 0 atom stereocenters. The number of nitrogens with zero attached hydrogens (tertiary/aromatic N) is 3. The van der Waals surface area contributed by atoms with Crippen molar-refractivity contribution in [3.63, 3.8) is 0 Å². The Bertz CT molecular complexity index is 352. The average molecular weight is 187 g/mol. The van der Waals surface area contributed by atoms with E-state index < -0.39 is 0 Å².